The van der Waals surface area contributed by atoms with E-state index in [1.165, 1.54) is 56.7 Å². The molecule has 4 fully saturated rings. The van der Waals surface area contributed by atoms with Gasteiger partial charge in [-0.25, -0.2) is 0 Å². The van der Waals surface area contributed by atoms with Crippen LogP contribution >= 0.6 is 0 Å². The van der Waals surface area contributed by atoms with Crippen LogP contribution in [0.25, 0.3) is 0 Å². The Morgan fingerprint density at radius 1 is 0.773 bits per heavy atom. The van der Waals surface area contributed by atoms with Gasteiger partial charge in [0.1, 0.15) is 0 Å². The van der Waals surface area contributed by atoms with Crippen molar-refractivity contribution in [2.45, 2.75) is 96.7 Å². The fourth-order valence-electron chi connectivity index (χ4n) is 6.73. The van der Waals surface area contributed by atoms with Gasteiger partial charge in [0.25, 0.3) is 0 Å². The molecule has 1 nitrogen and oxygen atoms in total. The number of rotatable bonds is 9. The van der Waals surface area contributed by atoms with Gasteiger partial charge in [-0.15, -0.1) is 0 Å². The summed E-state index contributed by atoms with van der Waals surface area (Å²) in [4.78, 5) is 0. The number of hydrogen-bond donors (Lipinski definition) is 0. The highest BCUT2D eigenvalue weighted by Crippen LogP contribution is 2.60. The van der Waals surface area contributed by atoms with Crippen LogP contribution in [0.1, 0.15) is 78.6 Å². The summed E-state index contributed by atoms with van der Waals surface area (Å²) in [6.07, 6.45) is 13.2. The summed E-state index contributed by atoms with van der Waals surface area (Å²) in [5.74, 6) is 3.19. The zero-order valence-electron chi connectivity index (χ0n) is 15.3. The first-order valence-corrected chi connectivity index (χ1v) is 12.8. The first-order chi connectivity index (χ1) is 10.6. The molecule has 4 saturated carbocycles. The van der Waals surface area contributed by atoms with E-state index in [4.69, 9.17) is 4.43 Å². The molecule has 4 aliphatic rings. The Morgan fingerprint density at radius 3 is 1.55 bits per heavy atom. The van der Waals surface area contributed by atoms with Gasteiger partial charge in [-0.1, -0.05) is 40.0 Å². The molecule has 4 aliphatic carbocycles. The van der Waals surface area contributed by atoms with Crippen molar-refractivity contribution in [1.82, 2.24) is 0 Å². The van der Waals surface area contributed by atoms with Gasteiger partial charge in [0, 0.05) is 6.61 Å². The van der Waals surface area contributed by atoms with Crippen molar-refractivity contribution in [2.24, 2.45) is 23.2 Å². The van der Waals surface area contributed by atoms with Gasteiger partial charge >= 0.3 is 0 Å². The second-order valence-corrected chi connectivity index (χ2v) is 13.3. The molecule has 4 rings (SSSR count). The molecule has 22 heavy (non-hydrogen) atoms. The molecular formula is C20H38OSi. The Labute approximate surface area is 139 Å². The van der Waals surface area contributed by atoms with Crippen LogP contribution in [0.5, 0.6) is 0 Å². The van der Waals surface area contributed by atoms with Crippen LogP contribution in [0.3, 0.4) is 0 Å². The quantitative estimate of drug-likeness (QED) is 0.447. The predicted octanol–water partition coefficient (Wildman–Crippen LogP) is 6.39. The molecule has 0 atom stereocenters. The molecular weight excluding hydrogens is 284 g/mol. The Hall–Kier alpha value is 0.177. The molecule has 0 radical (unpaired) electrons. The van der Waals surface area contributed by atoms with E-state index in [2.05, 4.69) is 20.8 Å². The molecule has 0 heterocycles. The Morgan fingerprint density at radius 2 is 1.18 bits per heavy atom. The van der Waals surface area contributed by atoms with Crippen LogP contribution in [0, 0.1) is 23.2 Å². The van der Waals surface area contributed by atoms with Crippen molar-refractivity contribution >= 4 is 8.32 Å². The van der Waals surface area contributed by atoms with Gasteiger partial charge in [-0.3, -0.25) is 0 Å². The third-order valence-corrected chi connectivity index (χ3v) is 12.0. The van der Waals surface area contributed by atoms with Crippen LogP contribution in [-0.4, -0.2) is 14.9 Å². The van der Waals surface area contributed by atoms with Crippen molar-refractivity contribution in [1.29, 1.82) is 0 Å². The van der Waals surface area contributed by atoms with Crippen LogP contribution in [0.4, 0.5) is 0 Å². The van der Waals surface area contributed by atoms with Gasteiger partial charge < -0.3 is 4.43 Å². The summed E-state index contributed by atoms with van der Waals surface area (Å²) >= 11 is 0. The van der Waals surface area contributed by atoms with Crippen molar-refractivity contribution in [3.8, 4) is 0 Å². The van der Waals surface area contributed by atoms with Gasteiger partial charge in [0.2, 0.25) is 0 Å². The molecule has 4 bridgehead atoms. The average Bonchev–Trinajstić information content (AvgIpc) is 2.45. The van der Waals surface area contributed by atoms with Crippen LogP contribution in [-0.2, 0) is 4.43 Å². The largest absolute Gasteiger partial charge is 0.416 e. The maximum atomic E-state index is 6.97. The van der Waals surface area contributed by atoms with E-state index in [1.807, 2.05) is 0 Å². The third kappa shape index (κ3) is 3.48. The third-order valence-electron chi connectivity index (χ3n) is 6.97. The lowest BCUT2D eigenvalue weighted by Gasteiger charge is -2.57. The SMILES string of the molecule is CCC[Si](CCC)(CCC)OCC12CC3CC(CC(C3)C1)C2. The molecule has 0 amide bonds. The molecule has 0 aliphatic heterocycles. The first kappa shape index (κ1) is 17.0. The summed E-state index contributed by atoms with van der Waals surface area (Å²) < 4.78 is 6.97. The van der Waals surface area contributed by atoms with E-state index < -0.39 is 8.32 Å². The lowest BCUT2D eigenvalue weighted by Crippen LogP contribution is -2.50. The molecule has 2 heteroatoms. The van der Waals surface area contributed by atoms with Crippen LogP contribution in [0.2, 0.25) is 18.1 Å². The molecule has 0 N–H and O–H groups in total. The highest BCUT2D eigenvalue weighted by Gasteiger charge is 2.51. The molecule has 0 unspecified atom stereocenters. The fourth-order valence-corrected chi connectivity index (χ4v) is 11.3. The second-order valence-electron chi connectivity index (χ2n) is 9.14. The Bertz CT molecular complexity index is 310. The van der Waals surface area contributed by atoms with Gasteiger partial charge in [-0.2, -0.15) is 0 Å². The predicted molar refractivity (Wildman–Crippen MR) is 97.6 cm³/mol. The maximum absolute atomic E-state index is 6.97. The normalized spacial score (nSPS) is 37.0. The zero-order valence-corrected chi connectivity index (χ0v) is 16.3. The smallest absolute Gasteiger partial charge is 0.192 e. The molecule has 0 aromatic heterocycles. The minimum atomic E-state index is -1.45. The summed E-state index contributed by atoms with van der Waals surface area (Å²) in [5.41, 5.74) is 0.613. The second kappa shape index (κ2) is 6.97. The lowest BCUT2D eigenvalue weighted by molar-refractivity contribution is -0.0767. The van der Waals surface area contributed by atoms with E-state index >= 15 is 0 Å². The minimum Gasteiger partial charge on any atom is -0.416 e. The Kier molecular flexibility index (Phi) is 5.39. The summed E-state index contributed by atoms with van der Waals surface area (Å²) in [6.45, 7) is 8.23. The van der Waals surface area contributed by atoms with Crippen molar-refractivity contribution < 1.29 is 4.43 Å². The molecule has 0 aromatic rings. The van der Waals surface area contributed by atoms with Crippen LogP contribution < -0.4 is 0 Å². The van der Waals surface area contributed by atoms with E-state index in [0.717, 1.165) is 24.4 Å². The first-order valence-electron chi connectivity index (χ1n) is 10.3. The fraction of sp³-hybridized carbons (Fsp3) is 1.00. The van der Waals surface area contributed by atoms with Crippen LogP contribution in [0.15, 0.2) is 0 Å². The van der Waals surface area contributed by atoms with Gasteiger partial charge in [0.05, 0.1) is 0 Å². The maximum Gasteiger partial charge on any atom is 0.192 e. The van der Waals surface area contributed by atoms with E-state index in [9.17, 15) is 0 Å². The van der Waals surface area contributed by atoms with E-state index in [1.54, 1.807) is 19.3 Å². The van der Waals surface area contributed by atoms with Crippen molar-refractivity contribution in [3.05, 3.63) is 0 Å². The highest BCUT2D eigenvalue weighted by molar-refractivity contribution is 6.73. The van der Waals surface area contributed by atoms with E-state index in [0.29, 0.717) is 5.41 Å². The van der Waals surface area contributed by atoms with E-state index in [-0.39, 0.29) is 0 Å². The molecule has 128 valence electrons. The topological polar surface area (TPSA) is 9.23 Å². The van der Waals surface area contributed by atoms with Gasteiger partial charge in [0.15, 0.2) is 8.32 Å². The minimum absolute atomic E-state index is 0.613. The van der Waals surface area contributed by atoms with Crippen molar-refractivity contribution in [3.63, 3.8) is 0 Å². The molecule has 0 saturated heterocycles. The average molecular weight is 323 g/mol. The highest BCUT2D eigenvalue weighted by atomic mass is 28.4. The van der Waals surface area contributed by atoms with Crippen molar-refractivity contribution in [2.75, 3.05) is 6.61 Å². The summed E-state index contributed by atoms with van der Waals surface area (Å²) in [5, 5.41) is 0. The standard InChI is InChI=1S/C20H38OSi/c1-4-7-22(8-5-2,9-6-3)21-16-20-13-17-10-18(14-20)12-19(11-17)15-20/h17-19H,4-16H2,1-3H3. The number of hydrogen-bond acceptors (Lipinski definition) is 1. The molecule has 0 spiro atoms. The molecule has 0 aromatic carbocycles. The summed E-state index contributed by atoms with van der Waals surface area (Å²) in [6, 6.07) is 4.21. The lowest BCUT2D eigenvalue weighted by atomic mass is 9.50. The Balaban J connectivity index is 1.66. The monoisotopic (exact) mass is 322 g/mol. The zero-order chi connectivity index (χ0) is 15.6. The summed E-state index contributed by atoms with van der Waals surface area (Å²) in [7, 11) is -1.45. The van der Waals surface area contributed by atoms with Gasteiger partial charge in [-0.05, 0) is 79.8 Å².